The molecule has 1 saturated heterocycles. The summed E-state index contributed by atoms with van der Waals surface area (Å²) in [6.07, 6.45) is 0.887. The fourth-order valence-corrected chi connectivity index (χ4v) is 2.96. The second kappa shape index (κ2) is 6.00. The van der Waals surface area contributed by atoms with Crippen molar-refractivity contribution in [1.29, 1.82) is 0 Å². The van der Waals surface area contributed by atoms with Gasteiger partial charge in [-0.15, -0.1) is 0 Å². The van der Waals surface area contributed by atoms with Crippen molar-refractivity contribution >= 4 is 16.7 Å². The van der Waals surface area contributed by atoms with Gasteiger partial charge in [-0.05, 0) is 50.7 Å². The van der Waals surface area contributed by atoms with E-state index in [0.717, 1.165) is 43.9 Å². The summed E-state index contributed by atoms with van der Waals surface area (Å²) in [5.41, 5.74) is 9.43. The topological polar surface area (TPSA) is 45.4 Å². The van der Waals surface area contributed by atoms with Crippen LogP contribution in [0.4, 0.5) is 5.82 Å². The summed E-state index contributed by atoms with van der Waals surface area (Å²) < 4.78 is 0. The van der Waals surface area contributed by atoms with Gasteiger partial charge in [0.25, 0.3) is 0 Å². The molecule has 0 unspecified atom stereocenters. The highest BCUT2D eigenvalue weighted by Gasteiger charge is 2.18. The first kappa shape index (κ1) is 14.3. The lowest BCUT2D eigenvalue weighted by Gasteiger charge is -2.34. The van der Waals surface area contributed by atoms with Crippen molar-refractivity contribution in [2.45, 2.75) is 13.3 Å². The zero-order valence-corrected chi connectivity index (χ0v) is 13.0. The third-order valence-corrected chi connectivity index (χ3v) is 4.24. The normalized spacial score (nSPS) is 16.6. The molecule has 0 bridgehead atoms. The van der Waals surface area contributed by atoms with Crippen LogP contribution in [0.1, 0.15) is 11.1 Å². The molecule has 1 aromatic carbocycles. The molecule has 0 radical (unpaired) electrons. The van der Waals surface area contributed by atoms with E-state index in [0.29, 0.717) is 6.54 Å². The molecule has 0 aliphatic carbocycles. The zero-order chi connectivity index (χ0) is 14.8. The first-order valence-corrected chi connectivity index (χ1v) is 7.71. The highest BCUT2D eigenvalue weighted by atomic mass is 15.3. The van der Waals surface area contributed by atoms with Crippen LogP contribution in [0.15, 0.2) is 24.3 Å². The second-order valence-corrected chi connectivity index (χ2v) is 6.00. The molecular formula is C17H24N4. The Morgan fingerprint density at radius 1 is 1.14 bits per heavy atom. The Morgan fingerprint density at radius 2 is 1.90 bits per heavy atom. The minimum absolute atomic E-state index is 0.666. The van der Waals surface area contributed by atoms with E-state index in [1.807, 2.05) is 0 Å². The lowest BCUT2D eigenvalue weighted by atomic mass is 10.1. The van der Waals surface area contributed by atoms with Crippen molar-refractivity contribution < 1.29 is 0 Å². The average molecular weight is 284 g/mol. The van der Waals surface area contributed by atoms with Gasteiger partial charge in [0.05, 0.1) is 5.52 Å². The molecule has 0 saturated carbocycles. The number of likely N-dealkylation sites (N-methyl/N-ethyl adjacent to an activating group) is 1. The van der Waals surface area contributed by atoms with Gasteiger partial charge in [-0.25, -0.2) is 4.98 Å². The molecule has 1 fully saturated rings. The SMILES string of the molecule is Cc1ccc2nc(N3CCN(C)CC3)c(CCN)cc2c1. The average Bonchev–Trinajstić information content (AvgIpc) is 2.48. The number of aromatic nitrogens is 1. The molecule has 112 valence electrons. The van der Waals surface area contributed by atoms with Gasteiger partial charge in [-0.1, -0.05) is 11.6 Å². The fraction of sp³-hybridized carbons (Fsp3) is 0.471. The Hall–Kier alpha value is -1.65. The van der Waals surface area contributed by atoms with Crippen molar-refractivity contribution in [1.82, 2.24) is 9.88 Å². The van der Waals surface area contributed by atoms with E-state index in [2.05, 4.69) is 48.0 Å². The van der Waals surface area contributed by atoms with Crippen molar-refractivity contribution in [2.75, 3.05) is 44.7 Å². The van der Waals surface area contributed by atoms with Gasteiger partial charge in [0, 0.05) is 31.6 Å². The van der Waals surface area contributed by atoms with Crippen molar-refractivity contribution in [3.05, 3.63) is 35.4 Å². The number of anilines is 1. The van der Waals surface area contributed by atoms with Gasteiger partial charge < -0.3 is 15.5 Å². The van der Waals surface area contributed by atoms with Crippen LogP contribution in [0.2, 0.25) is 0 Å². The van der Waals surface area contributed by atoms with Crippen molar-refractivity contribution in [2.24, 2.45) is 5.73 Å². The number of nitrogens with two attached hydrogens (primary N) is 1. The maximum absolute atomic E-state index is 5.80. The van der Waals surface area contributed by atoms with Gasteiger partial charge in [-0.3, -0.25) is 0 Å². The molecular weight excluding hydrogens is 260 g/mol. The lowest BCUT2D eigenvalue weighted by molar-refractivity contribution is 0.312. The number of hydrogen-bond donors (Lipinski definition) is 1. The predicted molar refractivity (Wildman–Crippen MR) is 88.9 cm³/mol. The van der Waals surface area contributed by atoms with E-state index in [-0.39, 0.29) is 0 Å². The molecule has 1 aliphatic rings. The first-order chi connectivity index (χ1) is 10.2. The monoisotopic (exact) mass is 284 g/mol. The van der Waals surface area contributed by atoms with Crippen LogP contribution in [-0.2, 0) is 6.42 Å². The van der Waals surface area contributed by atoms with E-state index in [1.54, 1.807) is 0 Å². The van der Waals surface area contributed by atoms with Crippen LogP contribution < -0.4 is 10.6 Å². The van der Waals surface area contributed by atoms with Crippen molar-refractivity contribution in [3.63, 3.8) is 0 Å². The first-order valence-electron chi connectivity index (χ1n) is 7.71. The molecule has 2 heterocycles. The smallest absolute Gasteiger partial charge is 0.132 e. The number of hydrogen-bond acceptors (Lipinski definition) is 4. The number of aryl methyl sites for hydroxylation is 1. The Bertz CT molecular complexity index is 630. The Labute approximate surface area is 126 Å². The fourth-order valence-electron chi connectivity index (χ4n) is 2.96. The van der Waals surface area contributed by atoms with Crippen LogP contribution in [0.5, 0.6) is 0 Å². The molecule has 1 aliphatic heterocycles. The highest BCUT2D eigenvalue weighted by molar-refractivity contribution is 5.82. The second-order valence-electron chi connectivity index (χ2n) is 6.00. The minimum atomic E-state index is 0.666. The highest BCUT2D eigenvalue weighted by Crippen LogP contribution is 2.25. The Morgan fingerprint density at radius 3 is 2.62 bits per heavy atom. The molecule has 0 amide bonds. The molecule has 4 heteroatoms. The minimum Gasteiger partial charge on any atom is -0.354 e. The van der Waals surface area contributed by atoms with Gasteiger partial charge in [0.2, 0.25) is 0 Å². The van der Waals surface area contributed by atoms with E-state index in [4.69, 9.17) is 10.7 Å². The molecule has 2 aromatic rings. The standard InChI is InChI=1S/C17H24N4/c1-13-3-4-16-15(11-13)12-14(5-6-18)17(19-16)21-9-7-20(2)8-10-21/h3-4,11-12H,5-10,18H2,1-2H3. The largest absolute Gasteiger partial charge is 0.354 e. The number of nitrogens with zero attached hydrogens (tertiary/aromatic N) is 3. The van der Waals surface area contributed by atoms with Gasteiger partial charge in [0.1, 0.15) is 5.82 Å². The van der Waals surface area contributed by atoms with Crippen molar-refractivity contribution in [3.8, 4) is 0 Å². The number of piperazine rings is 1. The van der Waals surface area contributed by atoms with Crippen LogP contribution in [-0.4, -0.2) is 49.7 Å². The summed E-state index contributed by atoms with van der Waals surface area (Å²) >= 11 is 0. The maximum Gasteiger partial charge on any atom is 0.132 e. The third kappa shape index (κ3) is 3.01. The lowest BCUT2D eigenvalue weighted by Crippen LogP contribution is -2.45. The summed E-state index contributed by atoms with van der Waals surface area (Å²) in [6.45, 7) is 7.05. The predicted octanol–water partition coefficient (Wildman–Crippen LogP) is 1.80. The maximum atomic E-state index is 5.80. The van der Waals surface area contributed by atoms with Gasteiger partial charge in [-0.2, -0.15) is 0 Å². The van der Waals surface area contributed by atoms with Crippen LogP contribution in [0.3, 0.4) is 0 Å². The van der Waals surface area contributed by atoms with Crippen LogP contribution >= 0.6 is 0 Å². The Kier molecular flexibility index (Phi) is 4.08. The summed E-state index contributed by atoms with van der Waals surface area (Å²) in [7, 11) is 2.18. The summed E-state index contributed by atoms with van der Waals surface area (Å²) in [6, 6.07) is 8.73. The summed E-state index contributed by atoms with van der Waals surface area (Å²) in [5.74, 6) is 1.13. The summed E-state index contributed by atoms with van der Waals surface area (Å²) in [4.78, 5) is 9.71. The van der Waals surface area contributed by atoms with Gasteiger partial charge in [0.15, 0.2) is 0 Å². The number of rotatable bonds is 3. The molecule has 0 atom stereocenters. The third-order valence-electron chi connectivity index (χ3n) is 4.24. The molecule has 4 nitrogen and oxygen atoms in total. The summed E-state index contributed by atoms with van der Waals surface area (Å²) in [5, 5.41) is 1.22. The van der Waals surface area contributed by atoms with Crippen LogP contribution in [0.25, 0.3) is 10.9 Å². The van der Waals surface area contributed by atoms with E-state index in [1.165, 1.54) is 16.5 Å². The molecule has 3 rings (SSSR count). The Balaban J connectivity index is 2.02. The molecule has 0 spiro atoms. The number of benzene rings is 1. The quantitative estimate of drug-likeness (QED) is 0.933. The molecule has 2 N–H and O–H groups in total. The number of pyridine rings is 1. The zero-order valence-electron chi connectivity index (χ0n) is 13.0. The number of fused-ring (bicyclic) bond motifs is 1. The van der Waals surface area contributed by atoms with Gasteiger partial charge >= 0.3 is 0 Å². The van der Waals surface area contributed by atoms with E-state index < -0.39 is 0 Å². The molecule has 21 heavy (non-hydrogen) atoms. The van der Waals surface area contributed by atoms with E-state index in [9.17, 15) is 0 Å². The van der Waals surface area contributed by atoms with E-state index >= 15 is 0 Å². The molecule has 1 aromatic heterocycles. The van der Waals surface area contributed by atoms with Crippen LogP contribution in [0, 0.1) is 6.92 Å².